The van der Waals surface area contributed by atoms with Gasteiger partial charge >= 0.3 is 17.9 Å². The smallest absolute Gasteiger partial charge is 0.306 e. The Morgan fingerprint density at radius 2 is 0.507 bits per heavy atom. The van der Waals surface area contributed by atoms with Crippen LogP contribution in [0.4, 0.5) is 0 Å². The fourth-order valence-corrected chi connectivity index (χ4v) is 10.4. The minimum absolute atomic E-state index is 0.0695. The number of allylic oxidation sites excluding steroid dienone is 4. The fourth-order valence-electron chi connectivity index (χ4n) is 10.4. The normalized spacial score (nSPS) is 12.1. The molecular formula is C69H130O6. The average molecular weight is 1060 g/mol. The second-order valence-electron chi connectivity index (χ2n) is 23.1. The van der Waals surface area contributed by atoms with Gasteiger partial charge in [-0.25, -0.2) is 0 Å². The molecule has 0 fully saturated rings. The van der Waals surface area contributed by atoms with Crippen molar-refractivity contribution in [3.8, 4) is 0 Å². The summed E-state index contributed by atoms with van der Waals surface area (Å²) >= 11 is 0. The van der Waals surface area contributed by atoms with Crippen molar-refractivity contribution in [1.29, 1.82) is 0 Å². The largest absolute Gasteiger partial charge is 0.462 e. The van der Waals surface area contributed by atoms with Gasteiger partial charge in [-0.1, -0.05) is 340 Å². The molecule has 1 unspecified atom stereocenters. The Kier molecular flexibility index (Phi) is 62.6. The van der Waals surface area contributed by atoms with Gasteiger partial charge in [0.25, 0.3) is 0 Å². The van der Waals surface area contributed by atoms with E-state index >= 15 is 0 Å². The van der Waals surface area contributed by atoms with Crippen LogP contribution in [0.25, 0.3) is 0 Å². The first-order valence-corrected chi connectivity index (χ1v) is 33.8. The number of unbranched alkanes of at least 4 members (excludes halogenated alkanes) is 48. The van der Waals surface area contributed by atoms with E-state index in [4.69, 9.17) is 14.2 Å². The predicted octanol–water partition coefficient (Wildman–Crippen LogP) is 23.0. The third-order valence-corrected chi connectivity index (χ3v) is 15.4. The lowest BCUT2D eigenvalue weighted by Crippen LogP contribution is -2.30. The second-order valence-corrected chi connectivity index (χ2v) is 23.1. The molecule has 1 atom stereocenters. The Morgan fingerprint density at radius 1 is 0.267 bits per heavy atom. The summed E-state index contributed by atoms with van der Waals surface area (Å²) in [5, 5.41) is 0. The summed E-state index contributed by atoms with van der Waals surface area (Å²) in [6.07, 6.45) is 77.7. The molecule has 0 bridgehead atoms. The monoisotopic (exact) mass is 1050 g/mol. The highest BCUT2D eigenvalue weighted by molar-refractivity contribution is 5.71. The van der Waals surface area contributed by atoms with E-state index in [1.54, 1.807) is 0 Å². The molecule has 0 aliphatic carbocycles. The molecule has 0 aromatic heterocycles. The van der Waals surface area contributed by atoms with Gasteiger partial charge in [0.15, 0.2) is 6.10 Å². The number of ether oxygens (including phenoxy) is 3. The van der Waals surface area contributed by atoms with Crippen LogP contribution in [0.5, 0.6) is 0 Å². The van der Waals surface area contributed by atoms with Crippen LogP contribution in [-0.4, -0.2) is 37.2 Å². The van der Waals surface area contributed by atoms with Gasteiger partial charge in [0.05, 0.1) is 0 Å². The Balaban J connectivity index is 4.24. The maximum Gasteiger partial charge on any atom is 0.306 e. The molecule has 0 aromatic rings. The number of hydrogen-bond acceptors (Lipinski definition) is 6. The molecule has 0 saturated heterocycles. The van der Waals surface area contributed by atoms with Crippen LogP contribution in [0.3, 0.4) is 0 Å². The van der Waals surface area contributed by atoms with Crippen molar-refractivity contribution in [2.45, 2.75) is 386 Å². The van der Waals surface area contributed by atoms with Crippen LogP contribution in [0.15, 0.2) is 24.3 Å². The average Bonchev–Trinajstić information content (AvgIpc) is 3.41. The summed E-state index contributed by atoms with van der Waals surface area (Å²) < 4.78 is 17.0. The van der Waals surface area contributed by atoms with Crippen molar-refractivity contribution in [3.05, 3.63) is 24.3 Å². The van der Waals surface area contributed by atoms with Crippen LogP contribution in [0, 0.1) is 0 Å². The van der Waals surface area contributed by atoms with E-state index in [9.17, 15) is 14.4 Å². The third kappa shape index (κ3) is 62.6. The van der Waals surface area contributed by atoms with Crippen molar-refractivity contribution in [2.24, 2.45) is 0 Å². The number of hydrogen-bond donors (Lipinski definition) is 0. The van der Waals surface area contributed by atoms with Gasteiger partial charge in [-0.15, -0.1) is 0 Å². The Morgan fingerprint density at radius 3 is 0.787 bits per heavy atom. The Bertz CT molecular complexity index is 1210. The lowest BCUT2D eigenvalue weighted by atomic mass is 10.0. The van der Waals surface area contributed by atoms with Gasteiger partial charge in [0.1, 0.15) is 13.2 Å². The van der Waals surface area contributed by atoms with Gasteiger partial charge in [-0.05, 0) is 44.9 Å². The van der Waals surface area contributed by atoms with Gasteiger partial charge in [0, 0.05) is 19.3 Å². The highest BCUT2D eigenvalue weighted by atomic mass is 16.6. The highest BCUT2D eigenvalue weighted by Crippen LogP contribution is 2.19. The van der Waals surface area contributed by atoms with Gasteiger partial charge in [-0.3, -0.25) is 14.4 Å². The van der Waals surface area contributed by atoms with Crippen molar-refractivity contribution < 1.29 is 28.6 Å². The van der Waals surface area contributed by atoms with Crippen LogP contribution in [-0.2, 0) is 28.6 Å². The molecule has 0 N–H and O–H groups in total. The quantitative estimate of drug-likeness (QED) is 0.0261. The van der Waals surface area contributed by atoms with E-state index in [2.05, 4.69) is 45.1 Å². The number of carbonyl (C=O) groups is 3. The summed E-state index contributed by atoms with van der Waals surface area (Å²) in [5.41, 5.74) is 0. The van der Waals surface area contributed by atoms with Crippen molar-refractivity contribution in [1.82, 2.24) is 0 Å². The van der Waals surface area contributed by atoms with Crippen LogP contribution in [0.2, 0.25) is 0 Å². The summed E-state index contributed by atoms with van der Waals surface area (Å²) in [6, 6.07) is 0. The summed E-state index contributed by atoms with van der Waals surface area (Å²) in [4.78, 5) is 38.3. The fraction of sp³-hybridized carbons (Fsp3) is 0.899. The molecule has 0 heterocycles. The molecule has 0 spiro atoms. The van der Waals surface area contributed by atoms with Crippen LogP contribution in [0.1, 0.15) is 380 Å². The molecule has 75 heavy (non-hydrogen) atoms. The molecule has 6 nitrogen and oxygen atoms in total. The lowest BCUT2D eigenvalue weighted by molar-refractivity contribution is -0.167. The van der Waals surface area contributed by atoms with Gasteiger partial charge in [0.2, 0.25) is 0 Å². The molecule has 0 aliphatic rings. The molecule has 442 valence electrons. The minimum atomic E-state index is -0.773. The molecule has 0 saturated carbocycles. The molecular weight excluding hydrogens is 925 g/mol. The standard InChI is InChI=1S/C69H130O6/c1-4-7-10-13-16-19-22-25-27-29-31-33-35-37-39-41-44-47-50-53-56-59-62-68(71)74-65-66(64-73-67(70)61-58-55-52-49-46-43-24-21-18-15-12-9-6-3)75-69(72)63-60-57-54-51-48-45-42-40-38-36-34-32-30-28-26-23-20-17-14-11-8-5-2/h12,15,21,24,66H,4-11,13-14,16-20,22-23,25-65H2,1-3H3/b15-12-,24-21-. The minimum Gasteiger partial charge on any atom is -0.462 e. The predicted molar refractivity (Wildman–Crippen MR) is 326 cm³/mol. The zero-order valence-electron chi connectivity index (χ0n) is 50.8. The highest BCUT2D eigenvalue weighted by Gasteiger charge is 2.19. The SMILES string of the molecule is CCC/C=C\C/C=C\CCCCCCCC(=O)OCC(COC(=O)CCCCCCCCCCCCCCCCCCCCCCCC)OC(=O)CCCCCCCCCCCCCCCCCCCCCCCC. The summed E-state index contributed by atoms with van der Waals surface area (Å²) in [6.45, 7) is 6.65. The number of carbonyl (C=O) groups excluding carboxylic acids is 3. The molecule has 0 aromatic carbocycles. The van der Waals surface area contributed by atoms with Crippen LogP contribution < -0.4 is 0 Å². The van der Waals surface area contributed by atoms with E-state index in [-0.39, 0.29) is 31.1 Å². The van der Waals surface area contributed by atoms with Crippen molar-refractivity contribution in [2.75, 3.05) is 13.2 Å². The van der Waals surface area contributed by atoms with Gasteiger partial charge < -0.3 is 14.2 Å². The number of rotatable bonds is 63. The second kappa shape index (κ2) is 64.4. The zero-order chi connectivity index (χ0) is 54.3. The first kappa shape index (κ1) is 72.9. The first-order chi connectivity index (χ1) is 37.0. The van der Waals surface area contributed by atoms with Crippen molar-refractivity contribution in [3.63, 3.8) is 0 Å². The maximum atomic E-state index is 12.9. The topological polar surface area (TPSA) is 78.9 Å². The van der Waals surface area contributed by atoms with E-state index < -0.39 is 6.10 Å². The molecule has 6 heteroatoms. The first-order valence-electron chi connectivity index (χ1n) is 33.8. The lowest BCUT2D eigenvalue weighted by Gasteiger charge is -2.18. The summed E-state index contributed by atoms with van der Waals surface area (Å²) in [5.74, 6) is -0.854. The Hall–Kier alpha value is -2.11. The molecule has 0 rings (SSSR count). The van der Waals surface area contributed by atoms with E-state index in [1.807, 2.05) is 0 Å². The van der Waals surface area contributed by atoms with E-state index in [0.29, 0.717) is 19.3 Å². The molecule has 0 aliphatic heterocycles. The Labute approximate surface area is 468 Å². The zero-order valence-corrected chi connectivity index (χ0v) is 50.8. The van der Waals surface area contributed by atoms with E-state index in [1.165, 1.54) is 257 Å². The maximum absolute atomic E-state index is 12.9. The summed E-state index contributed by atoms with van der Waals surface area (Å²) in [7, 11) is 0. The molecule has 0 radical (unpaired) electrons. The third-order valence-electron chi connectivity index (χ3n) is 15.4. The van der Waals surface area contributed by atoms with E-state index in [0.717, 1.165) is 83.5 Å². The van der Waals surface area contributed by atoms with Gasteiger partial charge in [-0.2, -0.15) is 0 Å². The number of esters is 3. The molecule has 0 amide bonds. The van der Waals surface area contributed by atoms with Crippen molar-refractivity contribution >= 4 is 17.9 Å². The van der Waals surface area contributed by atoms with Crippen LogP contribution >= 0.6 is 0 Å².